The molecule has 0 rings (SSSR count). The number of carbonyl (C=O) groups excluding carboxylic acids is 2. The molecule has 5 nitrogen and oxygen atoms in total. The summed E-state index contributed by atoms with van der Waals surface area (Å²) in [6.07, 6.45) is 19.0. The Morgan fingerprint density at radius 1 is 0.750 bits per heavy atom. The van der Waals surface area contributed by atoms with E-state index >= 15 is 0 Å². The van der Waals surface area contributed by atoms with E-state index in [-0.39, 0.29) is 19.2 Å². The number of esters is 2. The maximum absolute atomic E-state index is 11.6. The second-order valence-electron chi connectivity index (χ2n) is 7.80. The summed E-state index contributed by atoms with van der Waals surface area (Å²) < 4.78 is 9.85. The third-order valence-corrected chi connectivity index (χ3v) is 4.95. The van der Waals surface area contributed by atoms with Crippen LogP contribution in [0.1, 0.15) is 117 Å². The molecule has 0 aliphatic rings. The van der Waals surface area contributed by atoms with Crippen molar-refractivity contribution in [1.82, 2.24) is 0 Å². The summed E-state index contributed by atoms with van der Waals surface area (Å²) in [4.78, 5) is 22.5. The number of rotatable bonds is 20. The Hall–Kier alpha value is -1.10. The van der Waals surface area contributed by atoms with Gasteiger partial charge in [-0.25, -0.2) is 0 Å². The van der Waals surface area contributed by atoms with Gasteiger partial charge in [-0.1, -0.05) is 96.8 Å². The fourth-order valence-corrected chi connectivity index (χ4v) is 3.26. The maximum Gasteiger partial charge on any atom is 0.305 e. The summed E-state index contributed by atoms with van der Waals surface area (Å²) in [5.41, 5.74) is 0. The Bertz CT molecular complexity index is 370. The molecule has 0 saturated heterocycles. The van der Waals surface area contributed by atoms with Gasteiger partial charge in [0, 0.05) is 13.3 Å². The van der Waals surface area contributed by atoms with Crippen molar-refractivity contribution in [2.45, 2.75) is 123 Å². The molecule has 5 heteroatoms. The van der Waals surface area contributed by atoms with E-state index in [2.05, 4.69) is 6.92 Å². The molecule has 0 fully saturated rings. The molecule has 0 saturated carbocycles. The van der Waals surface area contributed by atoms with Crippen LogP contribution in [0.2, 0.25) is 0 Å². The lowest BCUT2D eigenvalue weighted by molar-refractivity contribution is -0.159. The lowest BCUT2D eigenvalue weighted by atomic mass is 10.0. The van der Waals surface area contributed by atoms with Gasteiger partial charge in [0.2, 0.25) is 0 Å². The van der Waals surface area contributed by atoms with Crippen LogP contribution in [-0.4, -0.2) is 36.4 Å². The number of unbranched alkanes of at least 4 members (excludes halogenated alkanes) is 14. The topological polar surface area (TPSA) is 72.8 Å². The van der Waals surface area contributed by atoms with Crippen molar-refractivity contribution in [3.63, 3.8) is 0 Å². The van der Waals surface area contributed by atoms with Crippen LogP contribution in [0.5, 0.6) is 0 Å². The average molecular weight is 401 g/mol. The summed E-state index contributed by atoms with van der Waals surface area (Å²) in [6, 6.07) is 0. The highest BCUT2D eigenvalue weighted by atomic mass is 16.6. The van der Waals surface area contributed by atoms with Crippen LogP contribution in [0.4, 0.5) is 0 Å². The Balaban J connectivity index is 3.30. The highest BCUT2D eigenvalue weighted by Crippen LogP contribution is 2.13. The minimum Gasteiger partial charge on any atom is -0.462 e. The first-order valence-electron chi connectivity index (χ1n) is 11.5. The van der Waals surface area contributed by atoms with Crippen LogP contribution in [0.15, 0.2) is 0 Å². The van der Waals surface area contributed by atoms with Gasteiger partial charge in [0.15, 0.2) is 6.10 Å². The quantitative estimate of drug-likeness (QED) is 0.209. The molecule has 166 valence electrons. The molecule has 0 bridgehead atoms. The molecule has 28 heavy (non-hydrogen) atoms. The third-order valence-electron chi connectivity index (χ3n) is 4.95. The van der Waals surface area contributed by atoms with Gasteiger partial charge in [0.25, 0.3) is 0 Å². The fraction of sp³-hybridized carbons (Fsp3) is 0.913. The molecule has 0 aromatic heterocycles. The molecule has 0 aromatic carbocycles. The lowest BCUT2D eigenvalue weighted by Crippen LogP contribution is -2.27. The highest BCUT2D eigenvalue weighted by Gasteiger charge is 2.13. The van der Waals surface area contributed by atoms with E-state index in [1.54, 1.807) is 0 Å². The van der Waals surface area contributed by atoms with Crippen molar-refractivity contribution in [3.05, 3.63) is 0 Å². The zero-order valence-electron chi connectivity index (χ0n) is 18.4. The Kier molecular flexibility index (Phi) is 19.8. The predicted molar refractivity (Wildman–Crippen MR) is 113 cm³/mol. The second kappa shape index (κ2) is 20.6. The minimum atomic E-state index is -0.762. The first-order chi connectivity index (χ1) is 13.6. The SMILES string of the molecule is CCCCCCCCCCCCCCCCCC(=O)OCC(CO)OC(C)=O. The fourth-order valence-electron chi connectivity index (χ4n) is 3.26. The number of carbonyl (C=O) groups is 2. The molecule has 0 aromatic rings. The molecule has 0 aliphatic heterocycles. The predicted octanol–water partition coefficient (Wildman–Crippen LogP) is 5.72. The first-order valence-corrected chi connectivity index (χ1v) is 11.5. The first kappa shape index (κ1) is 26.9. The van der Waals surface area contributed by atoms with Gasteiger partial charge in [-0.05, 0) is 6.42 Å². The zero-order valence-corrected chi connectivity index (χ0v) is 18.4. The summed E-state index contributed by atoms with van der Waals surface area (Å²) in [6.45, 7) is 3.11. The van der Waals surface area contributed by atoms with Crippen LogP contribution in [0.25, 0.3) is 0 Å². The van der Waals surface area contributed by atoms with Gasteiger partial charge in [-0.3, -0.25) is 9.59 Å². The molecular weight excluding hydrogens is 356 g/mol. The molecular formula is C23H44O5. The van der Waals surface area contributed by atoms with Gasteiger partial charge in [0.05, 0.1) is 6.61 Å². The standard InChI is InChI=1S/C23H44O5/c1-3-4-5-6-7-8-9-10-11-12-13-14-15-16-17-18-23(26)27-20-22(19-24)28-21(2)25/h22,24H,3-20H2,1-2H3. The van der Waals surface area contributed by atoms with Crippen LogP contribution in [0.3, 0.4) is 0 Å². The van der Waals surface area contributed by atoms with Gasteiger partial charge in [-0.15, -0.1) is 0 Å². The molecule has 0 amide bonds. The molecule has 1 unspecified atom stereocenters. The number of hydrogen-bond acceptors (Lipinski definition) is 5. The molecule has 0 spiro atoms. The molecule has 1 N–H and O–H groups in total. The number of aliphatic hydroxyl groups is 1. The molecule has 1 atom stereocenters. The van der Waals surface area contributed by atoms with E-state index in [1.165, 1.54) is 84.0 Å². The van der Waals surface area contributed by atoms with Gasteiger partial charge >= 0.3 is 11.9 Å². The molecule has 0 heterocycles. The van der Waals surface area contributed by atoms with Crippen molar-refractivity contribution >= 4 is 11.9 Å². The van der Waals surface area contributed by atoms with Crippen molar-refractivity contribution < 1.29 is 24.2 Å². The monoisotopic (exact) mass is 400 g/mol. The van der Waals surface area contributed by atoms with Gasteiger partial charge in [-0.2, -0.15) is 0 Å². The third kappa shape index (κ3) is 19.7. The molecule has 0 aliphatic carbocycles. The largest absolute Gasteiger partial charge is 0.462 e. The Morgan fingerprint density at radius 2 is 1.18 bits per heavy atom. The average Bonchev–Trinajstić information content (AvgIpc) is 2.67. The Morgan fingerprint density at radius 3 is 1.57 bits per heavy atom. The zero-order chi connectivity index (χ0) is 20.9. The van der Waals surface area contributed by atoms with Gasteiger partial charge in [0.1, 0.15) is 6.61 Å². The van der Waals surface area contributed by atoms with E-state index in [0.29, 0.717) is 6.42 Å². The van der Waals surface area contributed by atoms with E-state index in [9.17, 15) is 9.59 Å². The summed E-state index contributed by atoms with van der Waals surface area (Å²) in [5, 5.41) is 9.04. The number of aliphatic hydroxyl groups excluding tert-OH is 1. The number of ether oxygens (including phenoxy) is 2. The smallest absolute Gasteiger partial charge is 0.305 e. The van der Waals surface area contributed by atoms with Crippen LogP contribution >= 0.6 is 0 Å². The summed E-state index contributed by atoms with van der Waals surface area (Å²) in [7, 11) is 0. The van der Waals surface area contributed by atoms with Crippen molar-refractivity contribution in [2.75, 3.05) is 13.2 Å². The maximum atomic E-state index is 11.6. The summed E-state index contributed by atoms with van der Waals surface area (Å²) >= 11 is 0. The Labute approximate surface area is 172 Å². The van der Waals surface area contributed by atoms with Crippen LogP contribution < -0.4 is 0 Å². The van der Waals surface area contributed by atoms with E-state index < -0.39 is 12.1 Å². The van der Waals surface area contributed by atoms with Crippen molar-refractivity contribution in [2.24, 2.45) is 0 Å². The van der Waals surface area contributed by atoms with Crippen molar-refractivity contribution in [1.29, 1.82) is 0 Å². The van der Waals surface area contributed by atoms with E-state index in [4.69, 9.17) is 14.6 Å². The number of hydrogen-bond donors (Lipinski definition) is 1. The highest BCUT2D eigenvalue weighted by molar-refractivity contribution is 5.69. The second-order valence-corrected chi connectivity index (χ2v) is 7.80. The summed E-state index contributed by atoms with van der Waals surface area (Å²) in [5.74, 6) is -0.780. The van der Waals surface area contributed by atoms with E-state index in [1.807, 2.05) is 0 Å². The van der Waals surface area contributed by atoms with Gasteiger partial charge < -0.3 is 14.6 Å². The van der Waals surface area contributed by atoms with E-state index in [0.717, 1.165) is 19.3 Å². The van der Waals surface area contributed by atoms with Crippen molar-refractivity contribution in [3.8, 4) is 0 Å². The lowest BCUT2D eigenvalue weighted by Gasteiger charge is -2.14. The molecule has 0 radical (unpaired) electrons. The van der Waals surface area contributed by atoms with Crippen LogP contribution in [-0.2, 0) is 19.1 Å². The normalized spacial score (nSPS) is 12.0. The minimum absolute atomic E-state index is 0.0757. The van der Waals surface area contributed by atoms with Crippen LogP contribution in [0, 0.1) is 0 Å².